The first-order valence-electron chi connectivity index (χ1n) is 12.2. The lowest BCUT2D eigenvalue weighted by Crippen LogP contribution is -2.19. The lowest BCUT2D eigenvalue weighted by atomic mass is 10.1. The average molecular weight is 743 g/mol. The second-order valence-corrected chi connectivity index (χ2v) is 14.1. The topological polar surface area (TPSA) is 220 Å². The molecule has 3 aromatic rings. The third-order valence-electron chi connectivity index (χ3n) is 6.79. The molecule has 0 unspecified atom stereocenters. The number of rotatable bonds is 3. The van der Waals surface area contributed by atoms with E-state index >= 15 is 0 Å². The molecule has 2 heterocycles. The fraction of sp³-hybridized carbons (Fsp3) is 0.0769. The molecule has 0 amide bonds. The van der Waals surface area contributed by atoms with Gasteiger partial charge in [-0.3, -0.25) is 9.11 Å². The Balaban J connectivity index is 1.67. The highest BCUT2D eigenvalue weighted by atomic mass is 79.9. The van der Waals surface area contributed by atoms with Gasteiger partial charge in [-0.1, -0.05) is 29.3 Å². The summed E-state index contributed by atoms with van der Waals surface area (Å²) in [4.78, 5) is 7.52. The molecule has 7 N–H and O–H groups in total. The van der Waals surface area contributed by atoms with Gasteiger partial charge in [-0.25, -0.2) is 9.98 Å². The standard InChI is InChI=1S/C26H18BrCl2N5O8S2/c1-8-5-9(2)14(7-12(8)31)33-18-10(27)6-15-22(26(18)44(38,39)40)42-24-16(28)19-23(17(29)20(24)34-15)41-21-13(32-19)4-3-11(30)25(21)43(35,36)37/h3-7,32H,30-31H2,1-2H3,(H,35,36,37)(H,38,39,40). The fourth-order valence-electron chi connectivity index (χ4n) is 4.75. The molecule has 3 aromatic carbocycles. The summed E-state index contributed by atoms with van der Waals surface area (Å²) < 4.78 is 81.8. The number of hydrogen-bond donors (Lipinski definition) is 5. The van der Waals surface area contributed by atoms with Crippen molar-refractivity contribution in [2.75, 3.05) is 16.8 Å². The van der Waals surface area contributed by atoms with Gasteiger partial charge < -0.3 is 25.9 Å². The first-order chi connectivity index (χ1) is 20.5. The Bertz CT molecular complexity index is 2380. The van der Waals surface area contributed by atoms with Crippen molar-refractivity contribution in [3.63, 3.8) is 0 Å². The molecule has 3 aliphatic rings. The number of nitrogens with two attached hydrogens (primary N) is 2. The average Bonchev–Trinajstić information content (AvgIpc) is 2.92. The van der Waals surface area contributed by atoms with Gasteiger partial charge >= 0.3 is 10.1 Å². The van der Waals surface area contributed by atoms with Crippen LogP contribution in [0.3, 0.4) is 0 Å². The number of aromatic nitrogens is 1. The summed E-state index contributed by atoms with van der Waals surface area (Å²) >= 11 is 16.7. The van der Waals surface area contributed by atoms with Crippen LogP contribution < -0.4 is 26.9 Å². The molecule has 0 bridgehead atoms. The van der Waals surface area contributed by atoms with E-state index in [-0.39, 0.29) is 65.2 Å². The van der Waals surface area contributed by atoms with Gasteiger partial charge in [0, 0.05) is 10.2 Å². The van der Waals surface area contributed by atoms with Crippen molar-refractivity contribution in [1.82, 2.24) is 4.98 Å². The largest absolute Gasteiger partial charge is 0.450 e. The van der Waals surface area contributed by atoms with E-state index < -0.39 is 35.8 Å². The summed E-state index contributed by atoms with van der Waals surface area (Å²) in [5.41, 5.74) is 13.5. The molecule has 2 aliphatic heterocycles. The zero-order valence-corrected chi connectivity index (χ0v) is 27.0. The number of nitrogens with zero attached hydrogens (tertiary/aromatic N) is 2. The van der Waals surface area contributed by atoms with E-state index in [0.717, 1.165) is 5.56 Å². The highest BCUT2D eigenvalue weighted by molar-refractivity contribution is 9.10. The van der Waals surface area contributed by atoms with Crippen molar-refractivity contribution in [3.8, 4) is 23.0 Å². The van der Waals surface area contributed by atoms with Crippen molar-refractivity contribution >= 4 is 98.9 Å². The normalized spacial score (nSPS) is 13.5. The highest BCUT2D eigenvalue weighted by Gasteiger charge is 2.34. The van der Waals surface area contributed by atoms with Crippen LogP contribution in [0, 0.1) is 13.8 Å². The number of nitrogen functional groups attached to an aromatic ring is 2. The van der Waals surface area contributed by atoms with E-state index in [1.807, 2.05) is 6.92 Å². The molecule has 0 radical (unpaired) electrons. The minimum absolute atomic E-state index is 0.00816. The monoisotopic (exact) mass is 741 g/mol. The van der Waals surface area contributed by atoms with E-state index in [4.69, 9.17) is 43.8 Å². The third kappa shape index (κ3) is 4.82. The first kappa shape index (κ1) is 30.4. The van der Waals surface area contributed by atoms with Gasteiger partial charge in [0.2, 0.25) is 0 Å². The molecule has 0 saturated carbocycles. The zero-order valence-electron chi connectivity index (χ0n) is 22.2. The van der Waals surface area contributed by atoms with E-state index in [1.165, 1.54) is 18.2 Å². The molecular weight excluding hydrogens is 725 g/mol. The molecule has 228 valence electrons. The highest BCUT2D eigenvalue weighted by Crippen LogP contribution is 2.55. The smallest absolute Gasteiger partial charge is 0.300 e. The van der Waals surface area contributed by atoms with Crippen molar-refractivity contribution in [2.24, 2.45) is 4.99 Å². The zero-order chi connectivity index (χ0) is 32.0. The van der Waals surface area contributed by atoms with Gasteiger partial charge in [0.25, 0.3) is 10.1 Å². The molecule has 1 aliphatic carbocycles. The van der Waals surface area contributed by atoms with Crippen LogP contribution in [-0.4, -0.2) is 30.9 Å². The van der Waals surface area contributed by atoms with Gasteiger partial charge in [0.1, 0.15) is 32.3 Å². The first-order valence-corrected chi connectivity index (χ1v) is 16.6. The van der Waals surface area contributed by atoms with Crippen LogP contribution in [0.4, 0.5) is 28.4 Å². The van der Waals surface area contributed by atoms with E-state index in [0.29, 0.717) is 16.9 Å². The number of anilines is 4. The van der Waals surface area contributed by atoms with Gasteiger partial charge in [0.15, 0.2) is 32.6 Å². The SMILES string of the molecule is Cc1cc(C)c(N=c2c(Br)cc3nc4c(Cl)c5c(c(Cl)c4oc-3c2S(=O)(=O)O)Nc2ccc(N)c(S(=O)(=O)O)c2O5)cc1N. The summed E-state index contributed by atoms with van der Waals surface area (Å²) in [6, 6.07) is 7.35. The Morgan fingerprint density at radius 3 is 2.27 bits per heavy atom. The maximum absolute atomic E-state index is 12.8. The summed E-state index contributed by atoms with van der Waals surface area (Å²) in [6.07, 6.45) is 0. The molecule has 44 heavy (non-hydrogen) atoms. The second kappa shape index (κ2) is 10.2. The van der Waals surface area contributed by atoms with Crippen molar-refractivity contribution in [3.05, 3.63) is 61.3 Å². The lowest BCUT2D eigenvalue weighted by Gasteiger charge is -2.26. The minimum atomic E-state index is -5.00. The summed E-state index contributed by atoms with van der Waals surface area (Å²) in [6.45, 7) is 3.57. The summed E-state index contributed by atoms with van der Waals surface area (Å²) in [5, 5.41) is 2.29. The Labute approximate surface area is 267 Å². The van der Waals surface area contributed by atoms with Crippen LogP contribution in [0.5, 0.6) is 11.5 Å². The molecule has 0 atom stereocenters. The van der Waals surface area contributed by atoms with Gasteiger partial charge in [-0.2, -0.15) is 16.8 Å². The summed E-state index contributed by atoms with van der Waals surface area (Å²) in [5.74, 6) is -0.914. The van der Waals surface area contributed by atoms with Gasteiger partial charge in [-0.05, 0) is 65.2 Å². The van der Waals surface area contributed by atoms with E-state index in [1.54, 1.807) is 19.1 Å². The van der Waals surface area contributed by atoms with Crippen LogP contribution >= 0.6 is 39.1 Å². The number of halogens is 3. The van der Waals surface area contributed by atoms with Crippen LogP contribution in [0.15, 0.2) is 54.0 Å². The van der Waals surface area contributed by atoms with E-state index in [9.17, 15) is 25.9 Å². The predicted molar refractivity (Wildman–Crippen MR) is 168 cm³/mol. The minimum Gasteiger partial charge on any atom is -0.450 e. The Kier molecular flexibility index (Phi) is 7.04. The molecule has 18 heteroatoms. The second-order valence-electron chi connectivity index (χ2n) is 9.75. The predicted octanol–water partition coefficient (Wildman–Crippen LogP) is 6.36. The molecule has 0 spiro atoms. The van der Waals surface area contributed by atoms with Crippen molar-refractivity contribution in [2.45, 2.75) is 23.6 Å². The molecule has 0 saturated heterocycles. The van der Waals surface area contributed by atoms with Crippen LogP contribution in [0.1, 0.15) is 11.1 Å². The number of nitrogens with one attached hydrogen (secondary N) is 1. The fourth-order valence-corrected chi connectivity index (χ4v) is 7.44. The third-order valence-corrected chi connectivity index (χ3v) is 9.93. The Morgan fingerprint density at radius 2 is 1.61 bits per heavy atom. The van der Waals surface area contributed by atoms with Crippen molar-refractivity contribution < 1.29 is 35.1 Å². The van der Waals surface area contributed by atoms with Gasteiger partial charge in [-0.15, -0.1) is 0 Å². The number of benzene rings is 4. The molecule has 0 fully saturated rings. The van der Waals surface area contributed by atoms with Crippen LogP contribution in [-0.2, 0) is 20.2 Å². The number of hydrogen-bond acceptors (Lipinski definition) is 11. The molecule has 6 rings (SSSR count). The van der Waals surface area contributed by atoms with E-state index in [2.05, 4.69) is 31.2 Å². The Morgan fingerprint density at radius 1 is 0.932 bits per heavy atom. The van der Waals surface area contributed by atoms with Crippen molar-refractivity contribution in [1.29, 1.82) is 0 Å². The maximum atomic E-state index is 12.8. The molecule has 13 nitrogen and oxygen atoms in total. The lowest BCUT2D eigenvalue weighted by molar-refractivity contribution is 0.450. The van der Waals surface area contributed by atoms with Crippen LogP contribution in [0.25, 0.3) is 22.6 Å². The quantitative estimate of drug-likeness (QED) is 0.0760. The number of ether oxygens (including phenoxy) is 1. The van der Waals surface area contributed by atoms with Crippen LogP contribution in [0.2, 0.25) is 10.0 Å². The maximum Gasteiger partial charge on any atom is 0.300 e. The molecule has 0 aromatic heterocycles. The van der Waals surface area contributed by atoms with Gasteiger partial charge in [0.05, 0.1) is 17.1 Å². The number of aryl methyl sites for hydroxylation is 2. The summed E-state index contributed by atoms with van der Waals surface area (Å²) in [7, 11) is -9.83. The Hall–Kier alpha value is -3.64. The number of fused-ring (bicyclic) bond motifs is 4. The molecular formula is C26H18BrCl2N5O8S2.